The van der Waals surface area contributed by atoms with Crippen LogP contribution in [0.25, 0.3) is 11.1 Å². The summed E-state index contributed by atoms with van der Waals surface area (Å²) in [5.41, 5.74) is 2.28. The second-order valence-corrected chi connectivity index (χ2v) is 8.51. The van der Waals surface area contributed by atoms with Gasteiger partial charge in [-0.05, 0) is 80.6 Å². The maximum absolute atomic E-state index is 11.7. The summed E-state index contributed by atoms with van der Waals surface area (Å²) in [6.45, 7) is 5.53. The number of aromatic hydroxyl groups is 1. The lowest BCUT2D eigenvalue weighted by atomic mass is 9.91. The highest BCUT2D eigenvalue weighted by molar-refractivity contribution is 5.78. The summed E-state index contributed by atoms with van der Waals surface area (Å²) >= 11 is 0. The molecule has 0 spiro atoms. The maximum atomic E-state index is 11.7. The van der Waals surface area contributed by atoms with Gasteiger partial charge in [0.1, 0.15) is 11.5 Å². The van der Waals surface area contributed by atoms with E-state index in [1.165, 1.54) is 25.5 Å². The molecule has 174 valence electrons. The molecule has 6 heteroatoms. The zero-order valence-electron chi connectivity index (χ0n) is 19.5. The van der Waals surface area contributed by atoms with Crippen molar-refractivity contribution in [3.05, 3.63) is 78.6 Å². The number of nitrogens with one attached hydrogen (secondary N) is 1. The molecule has 1 saturated heterocycles. The van der Waals surface area contributed by atoms with Gasteiger partial charge in [-0.25, -0.2) is 4.79 Å². The lowest BCUT2D eigenvalue weighted by Crippen LogP contribution is -2.39. The minimum absolute atomic E-state index is 0.279. The molecule has 1 aromatic heterocycles. The van der Waals surface area contributed by atoms with Crippen molar-refractivity contribution >= 4 is 5.97 Å². The number of phenolic OH excluding ortho intramolecular Hbond substituents is 1. The Morgan fingerprint density at radius 1 is 1.09 bits per heavy atom. The van der Waals surface area contributed by atoms with Crippen LogP contribution in [0.5, 0.6) is 11.5 Å². The standard InChI is InChI=1S/C16H23NO3.C11H9NO/c1-16(2,15(18)19-3)20-14-8-4-6-12(10-14)13-7-5-9-17-11-13;13-11-5-1-3-9(7-11)10-4-2-6-12-8-10/h4,6,8,10,13,17H,5,7,9,11H2,1-3H3;1-8,13H. The minimum Gasteiger partial charge on any atom is -0.508 e. The molecule has 1 unspecified atom stereocenters. The molecule has 1 aliphatic rings. The first-order valence-electron chi connectivity index (χ1n) is 11.2. The van der Waals surface area contributed by atoms with Gasteiger partial charge < -0.3 is 19.9 Å². The Hall–Kier alpha value is -3.38. The van der Waals surface area contributed by atoms with E-state index in [-0.39, 0.29) is 11.7 Å². The van der Waals surface area contributed by atoms with Gasteiger partial charge in [0.05, 0.1) is 7.11 Å². The van der Waals surface area contributed by atoms with E-state index in [2.05, 4.69) is 16.4 Å². The average molecular weight is 449 g/mol. The number of hydrogen-bond acceptors (Lipinski definition) is 6. The molecule has 4 rings (SSSR count). The third-order valence-electron chi connectivity index (χ3n) is 5.52. The van der Waals surface area contributed by atoms with E-state index >= 15 is 0 Å². The maximum Gasteiger partial charge on any atom is 0.349 e. The van der Waals surface area contributed by atoms with Gasteiger partial charge in [0.25, 0.3) is 0 Å². The lowest BCUT2D eigenvalue weighted by Gasteiger charge is -2.26. The molecule has 0 aliphatic carbocycles. The van der Waals surface area contributed by atoms with Gasteiger partial charge in [0.15, 0.2) is 5.60 Å². The molecule has 0 amide bonds. The van der Waals surface area contributed by atoms with Crippen LogP contribution in [0.2, 0.25) is 0 Å². The number of aromatic nitrogens is 1. The Kier molecular flexibility index (Phi) is 8.44. The van der Waals surface area contributed by atoms with Crippen LogP contribution in [0.3, 0.4) is 0 Å². The summed E-state index contributed by atoms with van der Waals surface area (Å²) in [7, 11) is 1.37. The van der Waals surface area contributed by atoms with Gasteiger partial charge in [0.2, 0.25) is 0 Å². The number of nitrogens with zero attached hydrogens (tertiary/aromatic N) is 1. The van der Waals surface area contributed by atoms with E-state index in [9.17, 15) is 9.90 Å². The van der Waals surface area contributed by atoms with Gasteiger partial charge in [-0.2, -0.15) is 0 Å². The fourth-order valence-electron chi connectivity index (χ4n) is 3.77. The van der Waals surface area contributed by atoms with Crippen molar-refractivity contribution in [1.82, 2.24) is 10.3 Å². The van der Waals surface area contributed by atoms with Crippen molar-refractivity contribution in [2.45, 2.75) is 38.2 Å². The Morgan fingerprint density at radius 2 is 1.88 bits per heavy atom. The second-order valence-electron chi connectivity index (χ2n) is 8.51. The predicted octanol–water partition coefficient (Wildman–Crippen LogP) is 4.94. The molecule has 3 aromatic rings. The SMILES string of the molecule is COC(=O)C(C)(C)Oc1cccc(C2CCCNC2)c1.Oc1cccc(-c2cccnc2)c1. The molecular formula is C27H32N2O4. The lowest BCUT2D eigenvalue weighted by molar-refractivity contribution is -0.156. The van der Waals surface area contributed by atoms with E-state index in [0.717, 1.165) is 24.2 Å². The van der Waals surface area contributed by atoms with Crippen molar-refractivity contribution in [3.8, 4) is 22.6 Å². The molecule has 1 atom stereocenters. The Balaban J connectivity index is 0.000000203. The van der Waals surface area contributed by atoms with E-state index < -0.39 is 5.60 Å². The molecular weight excluding hydrogens is 416 g/mol. The number of pyridine rings is 1. The summed E-state index contributed by atoms with van der Waals surface area (Å²) in [5, 5.41) is 12.7. The molecule has 0 radical (unpaired) electrons. The summed E-state index contributed by atoms with van der Waals surface area (Å²) in [4.78, 5) is 15.7. The highest BCUT2D eigenvalue weighted by Gasteiger charge is 2.31. The number of phenols is 1. The first-order chi connectivity index (χ1) is 15.9. The topological polar surface area (TPSA) is 80.7 Å². The number of benzene rings is 2. The largest absolute Gasteiger partial charge is 0.508 e. The second kappa shape index (κ2) is 11.5. The van der Waals surface area contributed by atoms with Crippen LogP contribution in [-0.4, -0.2) is 41.9 Å². The highest BCUT2D eigenvalue weighted by Crippen LogP contribution is 2.28. The summed E-state index contributed by atoms with van der Waals surface area (Å²) in [5.74, 6) is 1.14. The van der Waals surface area contributed by atoms with Gasteiger partial charge in [-0.3, -0.25) is 4.98 Å². The molecule has 2 aromatic carbocycles. The zero-order valence-corrected chi connectivity index (χ0v) is 19.5. The Bertz CT molecular complexity index is 1030. The minimum atomic E-state index is -0.974. The first kappa shape index (κ1) is 24.3. The summed E-state index contributed by atoms with van der Waals surface area (Å²) in [6.07, 6.45) is 5.89. The van der Waals surface area contributed by atoms with Crippen LogP contribution in [0.4, 0.5) is 0 Å². The van der Waals surface area contributed by atoms with Gasteiger partial charge in [0, 0.05) is 24.5 Å². The van der Waals surface area contributed by atoms with Gasteiger partial charge in [-0.15, -0.1) is 0 Å². The molecule has 1 fully saturated rings. The molecule has 0 saturated carbocycles. The van der Waals surface area contributed by atoms with Crippen LogP contribution < -0.4 is 10.1 Å². The average Bonchev–Trinajstić information content (AvgIpc) is 2.85. The Morgan fingerprint density at radius 3 is 2.55 bits per heavy atom. The van der Waals surface area contributed by atoms with Crippen molar-refractivity contribution in [3.63, 3.8) is 0 Å². The molecule has 33 heavy (non-hydrogen) atoms. The number of rotatable bonds is 5. The summed E-state index contributed by atoms with van der Waals surface area (Å²) < 4.78 is 10.6. The molecule has 0 bridgehead atoms. The third kappa shape index (κ3) is 7.05. The zero-order chi connectivity index (χ0) is 23.7. The Labute approximate surface area is 195 Å². The summed E-state index contributed by atoms with van der Waals surface area (Å²) in [6, 6.07) is 19.0. The van der Waals surface area contributed by atoms with Crippen LogP contribution in [-0.2, 0) is 9.53 Å². The van der Waals surface area contributed by atoms with Crippen LogP contribution in [0.15, 0.2) is 73.1 Å². The van der Waals surface area contributed by atoms with Crippen molar-refractivity contribution in [2.75, 3.05) is 20.2 Å². The van der Waals surface area contributed by atoms with E-state index in [1.54, 1.807) is 38.4 Å². The fourth-order valence-corrected chi connectivity index (χ4v) is 3.77. The molecule has 1 aliphatic heterocycles. The van der Waals surface area contributed by atoms with Crippen LogP contribution in [0.1, 0.15) is 38.2 Å². The number of methoxy groups -OCH3 is 1. The molecule has 2 N–H and O–H groups in total. The van der Waals surface area contributed by atoms with E-state index in [4.69, 9.17) is 9.47 Å². The number of piperidine rings is 1. The predicted molar refractivity (Wildman–Crippen MR) is 129 cm³/mol. The van der Waals surface area contributed by atoms with E-state index in [1.807, 2.05) is 42.5 Å². The smallest absolute Gasteiger partial charge is 0.349 e. The number of carbonyl (C=O) groups excluding carboxylic acids is 1. The van der Waals surface area contributed by atoms with Crippen molar-refractivity contribution < 1.29 is 19.4 Å². The van der Waals surface area contributed by atoms with E-state index in [0.29, 0.717) is 11.7 Å². The quantitative estimate of drug-likeness (QED) is 0.538. The molecule has 6 nitrogen and oxygen atoms in total. The number of hydrogen-bond donors (Lipinski definition) is 2. The van der Waals surface area contributed by atoms with Crippen molar-refractivity contribution in [2.24, 2.45) is 0 Å². The third-order valence-corrected chi connectivity index (χ3v) is 5.52. The van der Waals surface area contributed by atoms with Gasteiger partial charge >= 0.3 is 5.97 Å². The normalized spacial score (nSPS) is 15.7. The van der Waals surface area contributed by atoms with Crippen LogP contribution >= 0.6 is 0 Å². The monoisotopic (exact) mass is 448 g/mol. The van der Waals surface area contributed by atoms with Crippen LogP contribution in [0, 0.1) is 0 Å². The molecule has 2 heterocycles. The van der Waals surface area contributed by atoms with Crippen molar-refractivity contribution in [1.29, 1.82) is 0 Å². The first-order valence-corrected chi connectivity index (χ1v) is 11.2. The fraction of sp³-hybridized carbons (Fsp3) is 0.333. The number of esters is 1. The highest BCUT2D eigenvalue weighted by atomic mass is 16.6. The number of ether oxygens (including phenoxy) is 2. The van der Waals surface area contributed by atoms with Gasteiger partial charge in [-0.1, -0.05) is 30.3 Å². The number of carbonyl (C=O) groups is 1.